The van der Waals surface area contributed by atoms with Gasteiger partial charge in [-0.1, -0.05) is 6.92 Å². The van der Waals surface area contributed by atoms with Gasteiger partial charge in [0.2, 0.25) is 0 Å². The van der Waals surface area contributed by atoms with E-state index in [-0.39, 0.29) is 18.2 Å². The van der Waals surface area contributed by atoms with Crippen LogP contribution in [0, 0.1) is 5.82 Å². The van der Waals surface area contributed by atoms with Gasteiger partial charge >= 0.3 is 5.97 Å². The number of carboxylic acids is 1. The van der Waals surface area contributed by atoms with Gasteiger partial charge in [-0.3, -0.25) is 4.79 Å². The largest absolute Gasteiger partial charge is 0.481 e. The lowest BCUT2D eigenvalue weighted by atomic mass is 10.1. The van der Waals surface area contributed by atoms with Gasteiger partial charge in [0.25, 0.3) is 0 Å². The average Bonchev–Trinajstić information content (AvgIpc) is 2.55. The van der Waals surface area contributed by atoms with Gasteiger partial charge in [0.1, 0.15) is 11.6 Å². The first-order valence-corrected chi connectivity index (χ1v) is 5.32. The number of halogens is 1. The SMILES string of the molecule is CC(CC(=O)O)c1nc2ccc(F)cc2n1C. The molecule has 4 nitrogen and oxygen atoms in total. The van der Waals surface area contributed by atoms with Crippen LogP contribution in [0.25, 0.3) is 11.0 Å². The quantitative estimate of drug-likeness (QED) is 0.889. The van der Waals surface area contributed by atoms with E-state index >= 15 is 0 Å². The summed E-state index contributed by atoms with van der Waals surface area (Å²) in [5, 5.41) is 8.76. The Bertz CT molecular complexity index is 577. The fourth-order valence-corrected chi connectivity index (χ4v) is 1.98. The lowest BCUT2D eigenvalue weighted by Gasteiger charge is -2.08. The summed E-state index contributed by atoms with van der Waals surface area (Å²) < 4.78 is 14.8. The smallest absolute Gasteiger partial charge is 0.304 e. The second kappa shape index (κ2) is 4.16. The van der Waals surface area contributed by atoms with Crippen LogP contribution in [-0.2, 0) is 11.8 Å². The Kier molecular flexibility index (Phi) is 2.83. The van der Waals surface area contributed by atoms with Gasteiger partial charge in [0.15, 0.2) is 0 Å². The van der Waals surface area contributed by atoms with Crippen LogP contribution in [-0.4, -0.2) is 20.6 Å². The summed E-state index contributed by atoms with van der Waals surface area (Å²) in [6.45, 7) is 1.80. The van der Waals surface area contributed by atoms with Crippen LogP contribution in [0.1, 0.15) is 25.1 Å². The van der Waals surface area contributed by atoms with Crippen molar-refractivity contribution in [1.29, 1.82) is 0 Å². The summed E-state index contributed by atoms with van der Waals surface area (Å²) >= 11 is 0. The highest BCUT2D eigenvalue weighted by Gasteiger charge is 2.17. The molecule has 0 fully saturated rings. The molecule has 0 radical (unpaired) electrons. The topological polar surface area (TPSA) is 55.1 Å². The minimum Gasteiger partial charge on any atom is -0.481 e. The van der Waals surface area contributed by atoms with Crippen molar-refractivity contribution < 1.29 is 14.3 Å². The van der Waals surface area contributed by atoms with Gasteiger partial charge < -0.3 is 9.67 Å². The third-order valence-electron chi connectivity index (χ3n) is 2.80. The molecule has 0 aliphatic rings. The van der Waals surface area contributed by atoms with E-state index in [0.717, 1.165) is 0 Å². The molecule has 1 unspecified atom stereocenters. The first-order chi connectivity index (χ1) is 7.99. The molecule has 1 heterocycles. The summed E-state index contributed by atoms with van der Waals surface area (Å²) in [5.74, 6) is -0.727. The maximum atomic E-state index is 13.1. The van der Waals surface area contributed by atoms with E-state index in [9.17, 15) is 9.18 Å². The van der Waals surface area contributed by atoms with Crippen molar-refractivity contribution in [2.45, 2.75) is 19.3 Å². The van der Waals surface area contributed by atoms with Crippen LogP contribution in [0.5, 0.6) is 0 Å². The van der Waals surface area contributed by atoms with Crippen molar-refractivity contribution in [2.24, 2.45) is 7.05 Å². The summed E-state index contributed by atoms with van der Waals surface area (Å²) in [7, 11) is 1.77. The highest BCUT2D eigenvalue weighted by Crippen LogP contribution is 2.23. The van der Waals surface area contributed by atoms with Crippen LogP contribution >= 0.6 is 0 Å². The van der Waals surface area contributed by atoms with Crippen LogP contribution < -0.4 is 0 Å². The summed E-state index contributed by atoms with van der Waals surface area (Å²) in [6.07, 6.45) is 0.0135. The fourth-order valence-electron chi connectivity index (χ4n) is 1.98. The number of hydrogen-bond acceptors (Lipinski definition) is 2. The Morgan fingerprint density at radius 1 is 1.59 bits per heavy atom. The lowest BCUT2D eigenvalue weighted by Crippen LogP contribution is -2.08. The third-order valence-corrected chi connectivity index (χ3v) is 2.80. The second-order valence-electron chi connectivity index (χ2n) is 4.16. The number of benzene rings is 1. The van der Waals surface area contributed by atoms with E-state index in [1.807, 2.05) is 0 Å². The number of aryl methyl sites for hydroxylation is 1. The molecule has 2 aromatic rings. The molecule has 0 spiro atoms. The van der Waals surface area contributed by atoms with E-state index in [1.54, 1.807) is 24.6 Å². The average molecular weight is 236 g/mol. The molecular weight excluding hydrogens is 223 g/mol. The molecule has 0 aliphatic heterocycles. The highest BCUT2D eigenvalue weighted by molar-refractivity contribution is 5.76. The lowest BCUT2D eigenvalue weighted by molar-refractivity contribution is -0.137. The standard InChI is InChI=1S/C12H13FN2O2/c1-7(5-11(16)17)12-14-9-4-3-8(13)6-10(9)15(12)2/h3-4,6-7H,5H2,1-2H3,(H,16,17). The van der Waals surface area contributed by atoms with Crippen LogP contribution in [0.4, 0.5) is 4.39 Å². The van der Waals surface area contributed by atoms with Gasteiger partial charge in [0, 0.05) is 13.0 Å². The number of carbonyl (C=O) groups is 1. The fraction of sp³-hybridized carbons (Fsp3) is 0.333. The monoisotopic (exact) mass is 236 g/mol. The number of fused-ring (bicyclic) bond motifs is 1. The van der Waals surface area contributed by atoms with Crippen molar-refractivity contribution >= 4 is 17.0 Å². The van der Waals surface area contributed by atoms with Crippen LogP contribution in [0.3, 0.4) is 0 Å². The van der Waals surface area contributed by atoms with Gasteiger partial charge in [-0.05, 0) is 18.2 Å². The molecule has 5 heteroatoms. The van der Waals surface area contributed by atoms with Crippen molar-refractivity contribution in [2.75, 3.05) is 0 Å². The van der Waals surface area contributed by atoms with Crippen molar-refractivity contribution in [3.63, 3.8) is 0 Å². The van der Waals surface area contributed by atoms with Crippen LogP contribution in [0.2, 0.25) is 0 Å². The zero-order valence-corrected chi connectivity index (χ0v) is 9.64. The Labute approximate surface area is 97.7 Å². The summed E-state index contributed by atoms with van der Waals surface area (Å²) in [4.78, 5) is 15.0. The second-order valence-corrected chi connectivity index (χ2v) is 4.16. The Morgan fingerprint density at radius 2 is 2.29 bits per heavy atom. The molecule has 1 atom stereocenters. The number of aliphatic carboxylic acids is 1. The zero-order chi connectivity index (χ0) is 12.6. The molecule has 0 saturated carbocycles. The highest BCUT2D eigenvalue weighted by atomic mass is 19.1. The van der Waals surface area contributed by atoms with Crippen molar-refractivity contribution in [3.05, 3.63) is 29.8 Å². The van der Waals surface area contributed by atoms with Crippen LogP contribution in [0.15, 0.2) is 18.2 Å². The molecule has 2 rings (SSSR count). The Balaban J connectivity index is 2.48. The van der Waals surface area contributed by atoms with Crippen molar-refractivity contribution in [1.82, 2.24) is 9.55 Å². The molecule has 1 aromatic heterocycles. The Hall–Kier alpha value is -1.91. The molecule has 0 amide bonds. The summed E-state index contributed by atoms with van der Waals surface area (Å²) in [6, 6.07) is 4.35. The number of aromatic nitrogens is 2. The van der Waals surface area contributed by atoms with Crippen molar-refractivity contribution in [3.8, 4) is 0 Å². The maximum absolute atomic E-state index is 13.1. The van der Waals surface area contributed by atoms with Gasteiger partial charge in [-0.25, -0.2) is 9.37 Å². The molecule has 0 aliphatic carbocycles. The van der Waals surface area contributed by atoms with E-state index in [1.165, 1.54) is 12.1 Å². The minimum atomic E-state index is -0.865. The number of hydrogen-bond donors (Lipinski definition) is 1. The predicted octanol–water partition coefficient (Wildman–Crippen LogP) is 2.29. The normalized spacial score (nSPS) is 12.9. The van der Waals surface area contributed by atoms with E-state index in [2.05, 4.69) is 4.98 Å². The first-order valence-electron chi connectivity index (χ1n) is 5.32. The molecule has 17 heavy (non-hydrogen) atoms. The maximum Gasteiger partial charge on any atom is 0.304 e. The number of imidazole rings is 1. The Morgan fingerprint density at radius 3 is 2.94 bits per heavy atom. The van der Waals surface area contributed by atoms with E-state index in [4.69, 9.17) is 5.11 Å². The molecule has 1 aromatic carbocycles. The first kappa shape index (κ1) is 11.6. The van der Waals surface area contributed by atoms with Gasteiger partial charge in [0.05, 0.1) is 17.5 Å². The van der Waals surface area contributed by atoms with Gasteiger partial charge in [-0.15, -0.1) is 0 Å². The van der Waals surface area contributed by atoms with E-state index < -0.39 is 5.97 Å². The minimum absolute atomic E-state index is 0.0135. The number of nitrogens with zero attached hydrogens (tertiary/aromatic N) is 2. The zero-order valence-electron chi connectivity index (χ0n) is 9.64. The van der Waals surface area contributed by atoms with E-state index in [0.29, 0.717) is 16.9 Å². The number of carboxylic acid groups (broad SMARTS) is 1. The van der Waals surface area contributed by atoms with Gasteiger partial charge in [-0.2, -0.15) is 0 Å². The third kappa shape index (κ3) is 2.13. The molecular formula is C12H13FN2O2. The predicted molar refractivity (Wildman–Crippen MR) is 61.3 cm³/mol. The number of rotatable bonds is 3. The molecule has 90 valence electrons. The summed E-state index contributed by atoms with van der Waals surface area (Å²) in [5.41, 5.74) is 1.36. The molecule has 0 bridgehead atoms. The molecule has 1 N–H and O–H groups in total. The molecule has 0 saturated heterocycles.